The normalized spacial score (nSPS) is 15.9. The summed E-state index contributed by atoms with van der Waals surface area (Å²) >= 11 is 0. The Bertz CT molecular complexity index is 257. The first kappa shape index (κ1) is 12.0. The maximum atomic E-state index is 11.7. The van der Waals surface area contributed by atoms with E-state index < -0.39 is 0 Å². The molecule has 1 saturated heterocycles. The topological polar surface area (TPSA) is 59.4 Å². The molecule has 1 aliphatic rings. The first-order chi connectivity index (χ1) is 7.15. The van der Waals surface area contributed by atoms with Gasteiger partial charge in [-0.05, 0) is 7.05 Å². The fourth-order valence-electron chi connectivity index (χ4n) is 1.39. The van der Waals surface area contributed by atoms with E-state index in [9.17, 15) is 4.79 Å². The Kier molecular flexibility index (Phi) is 4.53. The Labute approximate surface area is 90.6 Å². The summed E-state index contributed by atoms with van der Waals surface area (Å²) in [4.78, 5) is 15.3. The van der Waals surface area contributed by atoms with Crippen molar-refractivity contribution in [3.63, 3.8) is 0 Å². The minimum absolute atomic E-state index is 0.0830. The number of hydrogen-bond donors (Lipinski definition) is 1. The van der Waals surface area contributed by atoms with Crippen molar-refractivity contribution in [2.45, 2.75) is 12.5 Å². The van der Waals surface area contributed by atoms with Crippen molar-refractivity contribution in [2.24, 2.45) is 0 Å². The number of nitriles is 1. The van der Waals surface area contributed by atoms with Gasteiger partial charge in [-0.2, -0.15) is 5.26 Å². The van der Waals surface area contributed by atoms with Crippen LogP contribution in [0.4, 0.5) is 0 Å². The first-order valence-electron chi connectivity index (χ1n) is 5.17. The molecule has 0 atom stereocenters. The molecule has 0 aromatic carbocycles. The van der Waals surface area contributed by atoms with Gasteiger partial charge in [0.05, 0.1) is 19.0 Å². The van der Waals surface area contributed by atoms with Gasteiger partial charge in [0.2, 0.25) is 5.91 Å². The van der Waals surface area contributed by atoms with Gasteiger partial charge >= 0.3 is 0 Å². The molecule has 1 rings (SSSR count). The molecule has 0 radical (unpaired) electrons. The number of hydrogen-bond acceptors (Lipinski definition) is 4. The van der Waals surface area contributed by atoms with E-state index in [1.165, 1.54) is 0 Å². The zero-order valence-corrected chi connectivity index (χ0v) is 9.36. The van der Waals surface area contributed by atoms with Crippen molar-refractivity contribution in [3.8, 4) is 6.07 Å². The van der Waals surface area contributed by atoms with Crippen molar-refractivity contribution in [2.75, 3.05) is 40.3 Å². The minimum Gasteiger partial charge on any atom is -0.344 e. The number of rotatable bonds is 5. The Morgan fingerprint density at radius 3 is 2.67 bits per heavy atom. The monoisotopic (exact) mass is 210 g/mol. The van der Waals surface area contributed by atoms with Crippen LogP contribution in [0, 0.1) is 11.3 Å². The highest BCUT2D eigenvalue weighted by Crippen LogP contribution is 2.02. The third-order valence-corrected chi connectivity index (χ3v) is 2.75. The Balaban J connectivity index is 2.24. The molecule has 0 aliphatic carbocycles. The van der Waals surface area contributed by atoms with Crippen LogP contribution in [0.25, 0.3) is 0 Å². The van der Waals surface area contributed by atoms with E-state index in [1.54, 1.807) is 11.9 Å². The fourth-order valence-corrected chi connectivity index (χ4v) is 1.39. The van der Waals surface area contributed by atoms with Gasteiger partial charge in [0.1, 0.15) is 0 Å². The lowest BCUT2D eigenvalue weighted by Crippen LogP contribution is -2.57. The van der Waals surface area contributed by atoms with Crippen LogP contribution >= 0.6 is 0 Å². The third kappa shape index (κ3) is 3.50. The third-order valence-electron chi connectivity index (χ3n) is 2.75. The lowest BCUT2D eigenvalue weighted by Gasteiger charge is -2.35. The number of carbonyl (C=O) groups excluding carboxylic acids is 1. The van der Waals surface area contributed by atoms with Crippen molar-refractivity contribution < 1.29 is 4.79 Å². The first-order valence-corrected chi connectivity index (χ1v) is 5.17. The molecule has 84 valence electrons. The van der Waals surface area contributed by atoms with Crippen LogP contribution in [-0.2, 0) is 4.79 Å². The lowest BCUT2D eigenvalue weighted by molar-refractivity contribution is -0.131. The average molecular weight is 210 g/mol. The molecule has 0 aromatic heterocycles. The van der Waals surface area contributed by atoms with Gasteiger partial charge < -0.3 is 10.2 Å². The van der Waals surface area contributed by atoms with E-state index in [-0.39, 0.29) is 5.91 Å². The fraction of sp³-hybridized carbons (Fsp3) is 0.800. The number of nitrogens with zero attached hydrogens (tertiary/aromatic N) is 3. The van der Waals surface area contributed by atoms with Crippen molar-refractivity contribution in [1.82, 2.24) is 15.1 Å². The van der Waals surface area contributed by atoms with Gasteiger partial charge in [-0.25, -0.2) is 0 Å². The number of carbonyl (C=O) groups is 1. The van der Waals surface area contributed by atoms with Crippen LogP contribution in [-0.4, -0.2) is 62.0 Å². The van der Waals surface area contributed by atoms with E-state index in [2.05, 4.69) is 10.2 Å². The zero-order valence-electron chi connectivity index (χ0n) is 9.36. The molecule has 1 aliphatic heterocycles. The molecule has 0 bridgehead atoms. The molecule has 1 fully saturated rings. The molecule has 0 unspecified atom stereocenters. The second kappa shape index (κ2) is 5.69. The van der Waals surface area contributed by atoms with Crippen molar-refractivity contribution >= 4 is 5.91 Å². The number of likely N-dealkylation sites (N-methyl/N-ethyl adjacent to an activating group) is 2. The molecule has 1 N–H and O–H groups in total. The number of amides is 1. The molecule has 15 heavy (non-hydrogen) atoms. The van der Waals surface area contributed by atoms with Gasteiger partial charge in [0.15, 0.2) is 0 Å². The van der Waals surface area contributed by atoms with Crippen LogP contribution in [0.5, 0.6) is 0 Å². The molecule has 0 saturated carbocycles. The zero-order chi connectivity index (χ0) is 11.3. The summed E-state index contributed by atoms with van der Waals surface area (Å²) in [6, 6.07) is 2.52. The second-order valence-corrected chi connectivity index (χ2v) is 3.95. The van der Waals surface area contributed by atoms with Gasteiger partial charge in [0.25, 0.3) is 0 Å². The predicted octanol–water partition coefficient (Wildman–Crippen LogP) is -0.738. The molecular formula is C10H18N4O. The van der Waals surface area contributed by atoms with Crippen LogP contribution in [0.3, 0.4) is 0 Å². The average Bonchev–Trinajstić information content (AvgIpc) is 2.10. The molecule has 5 heteroatoms. The largest absolute Gasteiger partial charge is 0.344 e. The highest BCUT2D eigenvalue weighted by atomic mass is 16.2. The molecule has 1 amide bonds. The van der Waals surface area contributed by atoms with E-state index in [1.807, 2.05) is 13.1 Å². The van der Waals surface area contributed by atoms with Crippen LogP contribution in [0.15, 0.2) is 0 Å². The summed E-state index contributed by atoms with van der Waals surface area (Å²) in [7, 11) is 3.70. The van der Waals surface area contributed by atoms with E-state index in [0.717, 1.165) is 13.1 Å². The molecular weight excluding hydrogens is 192 g/mol. The smallest absolute Gasteiger partial charge is 0.236 e. The highest BCUT2D eigenvalue weighted by Gasteiger charge is 2.23. The van der Waals surface area contributed by atoms with Crippen LogP contribution in [0.2, 0.25) is 0 Å². The molecule has 0 spiro atoms. The Morgan fingerprint density at radius 2 is 2.20 bits per heavy atom. The summed E-state index contributed by atoms with van der Waals surface area (Å²) in [5, 5.41) is 11.6. The standard InChI is InChI=1S/C10H18N4O/c1-13(5-3-4-11)10(15)8-14(2)9-6-12-7-9/h9,12H,3,5-8H2,1-2H3. The van der Waals surface area contributed by atoms with Crippen LogP contribution < -0.4 is 5.32 Å². The summed E-state index contributed by atoms with van der Waals surface area (Å²) in [6.45, 7) is 2.89. The predicted molar refractivity (Wildman–Crippen MR) is 57.2 cm³/mol. The molecule has 5 nitrogen and oxygen atoms in total. The SMILES string of the molecule is CN(CCC#N)C(=O)CN(C)C1CNC1. The highest BCUT2D eigenvalue weighted by molar-refractivity contribution is 5.78. The summed E-state index contributed by atoms with van der Waals surface area (Å²) in [5.74, 6) is 0.0830. The lowest BCUT2D eigenvalue weighted by atomic mass is 10.1. The number of nitrogens with one attached hydrogen (secondary N) is 1. The van der Waals surface area contributed by atoms with E-state index in [4.69, 9.17) is 5.26 Å². The minimum atomic E-state index is 0.0830. The summed E-state index contributed by atoms with van der Waals surface area (Å²) in [5.41, 5.74) is 0. The van der Waals surface area contributed by atoms with Crippen LogP contribution in [0.1, 0.15) is 6.42 Å². The Hall–Kier alpha value is -1.12. The van der Waals surface area contributed by atoms with Gasteiger partial charge in [-0.15, -0.1) is 0 Å². The van der Waals surface area contributed by atoms with Gasteiger partial charge in [-0.1, -0.05) is 0 Å². The maximum Gasteiger partial charge on any atom is 0.236 e. The van der Waals surface area contributed by atoms with Gasteiger partial charge in [0, 0.05) is 32.7 Å². The summed E-state index contributed by atoms with van der Waals surface area (Å²) < 4.78 is 0. The van der Waals surface area contributed by atoms with E-state index >= 15 is 0 Å². The second-order valence-electron chi connectivity index (χ2n) is 3.95. The quantitative estimate of drug-likeness (QED) is 0.649. The summed E-state index contributed by atoms with van der Waals surface area (Å²) in [6.07, 6.45) is 0.400. The van der Waals surface area contributed by atoms with Crippen molar-refractivity contribution in [1.29, 1.82) is 5.26 Å². The molecule has 1 heterocycles. The Morgan fingerprint density at radius 1 is 1.53 bits per heavy atom. The van der Waals surface area contributed by atoms with E-state index in [0.29, 0.717) is 25.6 Å². The van der Waals surface area contributed by atoms with Crippen molar-refractivity contribution in [3.05, 3.63) is 0 Å². The molecule has 0 aromatic rings. The maximum absolute atomic E-state index is 11.7. The van der Waals surface area contributed by atoms with Gasteiger partial charge in [-0.3, -0.25) is 9.69 Å².